The lowest BCUT2D eigenvalue weighted by Gasteiger charge is -2.13. The highest BCUT2D eigenvalue weighted by Crippen LogP contribution is 2.37. The van der Waals surface area contributed by atoms with Gasteiger partial charge in [0.15, 0.2) is 0 Å². The van der Waals surface area contributed by atoms with Crippen molar-refractivity contribution in [1.82, 2.24) is 0 Å². The van der Waals surface area contributed by atoms with E-state index in [0.717, 1.165) is 12.8 Å². The summed E-state index contributed by atoms with van der Waals surface area (Å²) in [5.74, 6) is -0.150. The largest absolute Gasteiger partial charge is 0.480 e. The van der Waals surface area contributed by atoms with Crippen LogP contribution in [0.5, 0.6) is 0 Å². The van der Waals surface area contributed by atoms with Crippen LogP contribution in [0.1, 0.15) is 19.8 Å². The molecule has 0 aliphatic heterocycles. The third kappa shape index (κ3) is 1.48. The summed E-state index contributed by atoms with van der Waals surface area (Å²) >= 11 is 0. The number of rotatable bonds is 3. The first-order chi connectivity index (χ1) is 4.63. The van der Waals surface area contributed by atoms with E-state index in [-0.39, 0.29) is 5.92 Å². The van der Waals surface area contributed by atoms with Crippen molar-refractivity contribution in [2.75, 3.05) is 0 Å². The maximum absolute atomic E-state index is 10.3. The van der Waals surface area contributed by atoms with Crippen LogP contribution in [0.15, 0.2) is 0 Å². The van der Waals surface area contributed by atoms with Crippen LogP contribution >= 0.6 is 0 Å². The SMILES string of the molecule is CC(C1CC1)[C@H](N)C(=O)O. The molecule has 0 aromatic carbocycles. The van der Waals surface area contributed by atoms with Gasteiger partial charge in [-0.3, -0.25) is 4.79 Å². The Labute approximate surface area is 60.2 Å². The number of hydrogen-bond acceptors (Lipinski definition) is 2. The minimum absolute atomic E-state index is 0.150. The van der Waals surface area contributed by atoms with Crippen LogP contribution in [0.2, 0.25) is 0 Å². The van der Waals surface area contributed by atoms with E-state index >= 15 is 0 Å². The van der Waals surface area contributed by atoms with Crippen molar-refractivity contribution in [2.24, 2.45) is 17.6 Å². The summed E-state index contributed by atoms with van der Waals surface area (Å²) in [4.78, 5) is 10.3. The highest BCUT2D eigenvalue weighted by atomic mass is 16.4. The number of aliphatic carboxylic acids is 1. The van der Waals surface area contributed by atoms with Crippen molar-refractivity contribution in [3.05, 3.63) is 0 Å². The molecule has 3 nitrogen and oxygen atoms in total. The van der Waals surface area contributed by atoms with Gasteiger partial charge in [0.2, 0.25) is 0 Å². The standard InChI is InChI=1S/C7H13NO2/c1-4(5-2-3-5)6(8)7(9)10/h4-6H,2-3,8H2,1H3,(H,9,10)/t4?,6-/m0/s1. The predicted octanol–water partition coefficient (Wildman–Crippen LogP) is 0.444. The Hall–Kier alpha value is -0.570. The van der Waals surface area contributed by atoms with Gasteiger partial charge in [0, 0.05) is 0 Å². The molecule has 10 heavy (non-hydrogen) atoms. The van der Waals surface area contributed by atoms with Crippen LogP contribution in [0.25, 0.3) is 0 Å². The molecule has 0 heterocycles. The zero-order valence-corrected chi connectivity index (χ0v) is 6.08. The number of hydrogen-bond donors (Lipinski definition) is 2. The Morgan fingerprint density at radius 3 is 2.50 bits per heavy atom. The zero-order valence-electron chi connectivity index (χ0n) is 6.08. The lowest BCUT2D eigenvalue weighted by Crippen LogP contribution is -2.37. The Morgan fingerprint density at radius 2 is 2.20 bits per heavy atom. The normalized spacial score (nSPS) is 23.8. The molecule has 2 atom stereocenters. The molecule has 3 heteroatoms. The van der Waals surface area contributed by atoms with Crippen molar-refractivity contribution in [3.8, 4) is 0 Å². The second-order valence-electron chi connectivity index (χ2n) is 3.06. The van der Waals surface area contributed by atoms with Gasteiger partial charge in [0.05, 0.1) is 0 Å². The Bertz CT molecular complexity index is 143. The number of carbonyl (C=O) groups is 1. The summed E-state index contributed by atoms with van der Waals surface area (Å²) in [5, 5.41) is 8.50. The maximum atomic E-state index is 10.3. The Balaban J connectivity index is 2.38. The maximum Gasteiger partial charge on any atom is 0.320 e. The summed E-state index contributed by atoms with van der Waals surface area (Å²) in [6.45, 7) is 1.91. The van der Waals surface area contributed by atoms with Gasteiger partial charge in [-0.1, -0.05) is 6.92 Å². The third-order valence-corrected chi connectivity index (χ3v) is 2.22. The first kappa shape index (κ1) is 7.54. The fourth-order valence-corrected chi connectivity index (χ4v) is 1.14. The van der Waals surface area contributed by atoms with E-state index in [1.165, 1.54) is 0 Å². The van der Waals surface area contributed by atoms with Crippen LogP contribution in [0.3, 0.4) is 0 Å². The summed E-state index contributed by atoms with van der Waals surface area (Å²) in [7, 11) is 0. The first-order valence-corrected chi connectivity index (χ1v) is 3.61. The molecule has 0 aromatic heterocycles. The molecule has 1 aliphatic rings. The Morgan fingerprint density at radius 1 is 1.70 bits per heavy atom. The van der Waals surface area contributed by atoms with Crippen molar-refractivity contribution >= 4 is 5.97 Å². The van der Waals surface area contributed by atoms with Gasteiger partial charge in [-0.15, -0.1) is 0 Å². The van der Waals surface area contributed by atoms with E-state index in [2.05, 4.69) is 0 Å². The van der Waals surface area contributed by atoms with Crippen LogP contribution in [0, 0.1) is 11.8 Å². The number of carboxylic acid groups (broad SMARTS) is 1. The van der Waals surface area contributed by atoms with Gasteiger partial charge >= 0.3 is 5.97 Å². The summed E-state index contributed by atoms with van der Waals surface area (Å²) < 4.78 is 0. The molecule has 1 saturated carbocycles. The van der Waals surface area contributed by atoms with Gasteiger partial charge in [0.25, 0.3) is 0 Å². The second kappa shape index (κ2) is 2.58. The monoisotopic (exact) mass is 143 g/mol. The molecular weight excluding hydrogens is 130 g/mol. The number of carboxylic acids is 1. The lowest BCUT2D eigenvalue weighted by atomic mass is 9.98. The molecule has 0 spiro atoms. The summed E-state index contributed by atoms with van der Waals surface area (Å²) in [5.41, 5.74) is 5.40. The van der Waals surface area contributed by atoms with Crippen LogP contribution in [-0.4, -0.2) is 17.1 Å². The van der Waals surface area contributed by atoms with Gasteiger partial charge in [-0.2, -0.15) is 0 Å². The quantitative estimate of drug-likeness (QED) is 0.602. The van der Waals surface area contributed by atoms with E-state index in [0.29, 0.717) is 5.92 Å². The smallest absolute Gasteiger partial charge is 0.320 e. The van der Waals surface area contributed by atoms with Crippen LogP contribution in [0.4, 0.5) is 0 Å². The fraction of sp³-hybridized carbons (Fsp3) is 0.857. The molecule has 3 N–H and O–H groups in total. The van der Waals surface area contributed by atoms with Crippen LogP contribution < -0.4 is 5.73 Å². The molecule has 0 radical (unpaired) electrons. The molecule has 0 aromatic rings. The highest BCUT2D eigenvalue weighted by Gasteiger charge is 2.34. The van der Waals surface area contributed by atoms with E-state index < -0.39 is 12.0 Å². The average Bonchev–Trinajstić information content (AvgIpc) is 2.65. The zero-order chi connectivity index (χ0) is 7.72. The Kier molecular flexibility index (Phi) is 1.94. The van der Waals surface area contributed by atoms with E-state index in [1.807, 2.05) is 6.92 Å². The molecule has 1 aliphatic carbocycles. The molecule has 0 bridgehead atoms. The molecule has 1 rings (SSSR count). The molecule has 0 saturated heterocycles. The van der Waals surface area contributed by atoms with Crippen molar-refractivity contribution in [3.63, 3.8) is 0 Å². The number of nitrogens with two attached hydrogens (primary N) is 1. The van der Waals surface area contributed by atoms with Gasteiger partial charge in [-0.25, -0.2) is 0 Å². The van der Waals surface area contributed by atoms with E-state index in [4.69, 9.17) is 10.8 Å². The third-order valence-electron chi connectivity index (χ3n) is 2.22. The predicted molar refractivity (Wildman–Crippen MR) is 37.5 cm³/mol. The first-order valence-electron chi connectivity index (χ1n) is 3.61. The molecular formula is C7H13NO2. The van der Waals surface area contributed by atoms with Gasteiger partial charge < -0.3 is 10.8 Å². The second-order valence-corrected chi connectivity index (χ2v) is 3.06. The molecule has 1 unspecified atom stereocenters. The fourth-order valence-electron chi connectivity index (χ4n) is 1.14. The van der Waals surface area contributed by atoms with Crippen LogP contribution in [-0.2, 0) is 4.79 Å². The summed E-state index contributed by atoms with van der Waals surface area (Å²) in [6.07, 6.45) is 2.31. The minimum Gasteiger partial charge on any atom is -0.480 e. The van der Waals surface area contributed by atoms with Crippen molar-refractivity contribution in [1.29, 1.82) is 0 Å². The molecule has 0 amide bonds. The van der Waals surface area contributed by atoms with Gasteiger partial charge in [0.1, 0.15) is 6.04 Å². The lowest BCUT2D eigenvalue weighted by molar-refractivity contribution is -0.139. The van der Waals surface area contributed by atoms with Gasteiger partial charge in [-0.05, 0) is 24.7 Å². The van der Waals surface area contributed by atoms with Crippen molar-refractivity contribution in [2.45, 2.75) is 25.8 Å². The minimum atomic E-state index is -0.876. The highest BCUT2D eigenvalue weighted by molar-refractivity contribution is 5.73. The topological polar surface area (TPSA) is 63.3 Å². The van der Waals surface area contributed by atoms with E-state index in [9.17, 15) is 4.79 Å². The van der Waals surface area contributed by atoms with E-state index in [1.54, 1.807) is 0 Å². The molecule has 1 fully saturated rings. The molecule has 58 valence electrons. The van der Waals surface area contributed by atoms with Crippen molar-refractivity contribution < 1.29 is 9.90 Å². The average molecular weight is 143 g/mol. The summed E-state index contributed by atoms with van der Waals surface area (Å²) in [6, 6.07) is -0.660.